The van der Waals surface area contributed by atoms with Crippen molar-refractivity contribution in [2.24, 2.45) is 0 Å². The van der Waals surface area contributed by atoms with Crippen LogP contribution in [0.4, 0.5) is 0 Å². The molecule has 3 fully saturated rings. The minimum atomic E-state index is -3.74. The lowest BCUT2D eigenvalue weighted by atomic mass is 10.1. The van der Waals surface area contributed by atoms with Gasteiger partial charge >= 0.3 is 5.97 Å². The minimum Gasteiger partial charge on any atom is -0.465 e. The number of carbonyl (C=O) groups excluding carboxylic acids is 1. The fourth-order valence-electron chi connectivity index (χ4n) is 3.51. The van der Waals surface area contributed by atoms with Gasteiger partial charge in [0, 0.05) is 52.4 Å². The Morgan fingerprint density at radius 2 is 1.92 bits per heavy atom. The lowest BCUT2D eigenvalue weighted by Gasteiger charge is -2.47. The molecule has 0 aromatic heterocycles. The second kappa shape index (κ2) is 8.01. The lowest BCUT2D eigenvalue weighted by Crippen LogP contribution is -2.63. The summed E-state index contributed by atoms with van der Waals surface area (Å²) >= 11 is 0. The van der Waals surface area contributed by atoms with Crippen LogP contribution in [-0.2, 0) is 26.1 Å². The highest BCUT2D eigenvalue weighted by Gasteiger charge is 2.32. The van der Waals surface area contributed by atoms with E-state index in [1.165, 1.54) is 26.4 Å². The van der Waals surface area contributed by atoms with E-state index in [2.05, 4.69) is 14.5 Å². The fourth-order valence-corrected chi connectivity index (χ4v) is 4.68. The molecule has 9 heteroatoms. The van der Waals surface area contributed by atoms with E-state index >= 15 is 0 Å². The van der Waals surface area contributed by atoms with E-state index in [-0.39, 0.29) is 23.1 Å². The average Bonchev–Trinajstić information content (AvgIpc) is 2.67. The maximum Gasteiger partial charge on any atom is 0.337 e. The smallest absolute Gasteiger partial charge is 0.337 e. The molecule has 4 rings (SSSR count). The van der Waals surface area contributed by atoms with Gasteiger partial charge in [-0.15, -0.1) is 0 Å². The van der Waals surface area contributed by atoms with Crippen LogP contribution in [0.2, 0.25) is 0 Å². The van der Waals surface area contributed by atoms with Crippen molar-refractivity contribution in [1.29, 1.82) is 0 Å². The highest BCUT2D eigenvalue weighted by molar-refractivity contribution is 7.89. The van der Waals surface area contributed by atoms with Gasteiger partial charge in [-0.3, -0.25) is 9.80 Å². The molecule has 0 saturated carbocycles. The van der Waals surface area contributed by atoms with Crippen molar-refractivity contribution < 1.29 is 22.7 Å². The fraction of sp³-hybridized carbons (Fsp3) is 0.588. The van der Waals surface area contributed by atoms with Crippen molar-refractivity contribution in [2.45, 2.75) is 17.5 Å². The molecule has 8 nitrogen and oxygen atoms in total. The van der Waals surface area contributed by atoms with Crippen LogP contribution < -0.4 is 4.72 Å². The molecule has 3 aliphatic heterocycles. The van der Waals surface area contributed by atoms with Crippen LogP contribution in [0, 0.1) is 0 Å². The summed E-state index contributed by atoms with van der Waals surface area (Å²) in [5, 5.41) is 0. The van der Waals surface area contributed by atoms with Gasteiger partial charge in [0.15, 0.2) is 0 Å². The molecule has 2 bridgehead atoms. The van der Waals surface area contributed by atoms with Crippen LogP contribution in [0.1, 0.15) is 15.9 Å². The molecule has 0 spiro atoms. The predicted molar refractivity (Wildman–Crippen MR) is 95.5 cm³/mol. The standard InChI is InChI=1S/C17H25N3O5S/c1-24-12-13-7-14(17(21)25-2)9-16(8-13)26(22,23)18-10-15-11-19-3-5-20(15)6-4-19/h7-9,15,18H,3-6,10-12H2,1-2H3. The zero-order chi connectivity index (χ0) is 18.7. The number of nitrogens with zero attached hydrogens (tertiary/aromatic N) is 2. The molecule has 1 N–H and O–H groups in total. The van der Waals surface area contributed by atoms with Gasteiger partial charge < -0.3 is 9.47 Å². The van der Waals surface area contributed by atoms with Crippen LogP contribution in [-0.4, -0.2) is 83.7 Å². The first kappa shape index (κ1) is 19.2. The topological polar surface area (TPSA) is 88.2 Å². The largest absolute Gasteiger partial charge is 0.465 e. The average molecular weight is 383 g/mol. The third-order valence-corrected chi connectivity index (χ3v) is 6.31. The van der Waals surface area contributed by atoms with Crippen molar-refractivity contribution in [3.8, 4) is 0 Å². The van der Waals surface area contributed by atoms with E-state index in [0.29, 0.717) is 12.1 Å². The number of ether oxygens (including phenoxy) is 2. The first-order chi connectivity index (χ1) is 12.4. The number of methoxy groups -OCH3 is 2. The van der Waals surface area contributed by atoms with Gasteiger partial charge in [-0.25, -0.2) is 17.9 Å². The number of hydrogen-bond acceptors (Lipinski definition) is 7. The Balaban J connectivity index is 1.77. The van der Waals surface area contributed by atoms with Crippen LogP contribution >= 0.6 is 0 Å². The molecule has 144 valence electrons. The van der Waals surface area contributed by atoms with Crippen LogP contribution in [0.3, 0.4) is 0 Å². The first-order valence-corrected chi connectivity index (χ1v) is 10.1. The summed E-state index contributed by atoms with van der Waals surface area (Å²) in [6.45, 7) is 5.47. The van der Waals surface area contributed by atoms with E-state index in [4.69, 9.17) is 9.47 Å². The Kier molecular flexibility index (Phi) is 5.93. The van der Waals surface area contributed by atoms with E-state index < -0.39 is 16.0 Å². The van der Waals surface area contributed by atoms with Crippen LogP contribution in [0.25, 0.3) is 0 Å². The molecular formula is C17H25N3O5S. The van der Waals surface area contributed by atoms with Crippen LogP contribution in [0.15, 0.2) is 23.1 Å². The Hall–Kier alpha value is -1.52. The number of sulfonamides is 1. The summed E-state index contributed by atoms with van der Waals surface area (Å²) in [7, 11) is -0.963. The number of fused-ring (bicyclic) bond motifs is 3. The van der Waals surface area contributed by atoms with Crippen molar-refractivity contribution in [3.63, 3.8) is 0 Å². The Morgan fingerprint density at radius 3 is 2.50 bits per heavy atom. The van der Waals surface area contributed by atoms with Gasteiger partial charge in [-0.1, -0.05) is 0 Å². The first-order valence-electron chi connectivity index (χ1n) is 8.60. The molecule has 0 radical (unpaired) electrons. The number of nitrogens with one attached hydrogen (secondary N) is 1. The normalized spacial score (nSPS) is 25.2. The van der Waals surface area contributed by atoms with E-state index in [1.54, 1.807) is 6.07 Å². The number of carbonyl (C=O) groups is 1. The maximum atomic E-state index is 12.8. The second-order valence-corrected chi connectivity index (χ2v) is 8.40. The molecule has 1 aromatic rings. The van der Waals surface area contributed by atoms with Gasteiger partial charge in [0.25, 0.3) is 0 Å². The highest BCUT2D eigenvalue weighted by atomic mass is 32.2. The van der Waals surface area contributed by atoms with Crippen molar-refractivity contribution >= 4 is 16.0 Å². The molecule has 0 amide bonds. The van der Waals surface area contributed by atoms with Gasteiger partial charge in [0.1, 0.15) is 0 Å². The molecule has 3 aliphatic rings. The number of piperazine rings is 3. The zero-order valence-corrected chi connectivity index (χ0v) is 15.9. The van der Waals surface area contributed by atoms with E-state index in [1.807, 2.05) is 0 Å². The van der Waals surface area contributed by atoms with Crippen molar-refractivity contribution in [2.75, 3.05) is 53.5 Å². The van der Waals surface area contributed by atoms with Gasteiger partial charge in [0.05, 0.1) is 24.2 Å². The monoisotopic (exact) mass is 383 g/mol. The number of rotatable bonds is 7. The van der Waals surface area contributed by atoms with Gasteiger partial charge in [-0.05, 0) is 23.8 Å². The summed E-state index contributed by atoms with van der Waals surface area (Å²) in [5.41, 5.74) is 0.788. The number of esters is 1. The maximum absolute atomic E-state index is 12.8. The lowest BCUT2D eigenvalue weighted by molar-refractivity contribution is 0.0158. The van der Waals surface area contributed by atoms with E-state index in [0.717, 1.165) is 32.7 Å². The SMILES string of the molecule is COCc1cc(C(=O)OC)cc(S(=O)(=O)NCC2CN3CCN2CC3)c1. The molecule has 26 heavy (non-hydrogen) atoms. The zero-order valence-electron chi connectivity index (χ0n) is 15.1. The highest BCUT2D eigenvalue weighted by Crippen LogP contribution is 2.19. The molecule has 1 atom stereocenters. The molecule has 1 unspecified atom stereocenters. The number of hydrogen-bond donors (Lipinski definition) is 1. The Bertz CT molecular complexity index is 760. The summed E-state index contributed by atoms with van der Waals surface area (Å²) in [6, 6.07) is 4.61. The molecule has 3 saturated heterocycles. The summed E-state index contributed by atoms with van der Waals surface area (Å²) in [5.74, 6) is -0.581. The molecule has 0 aliphatic carbocycles. The van der Waals surface area contributed by atoms with Crippen LogP contribution in [0.5, 0.6) is 0 Å². The molecule has 1 aromatic carbocycles. The molecule has 3 heterocycles. The summed E-state index contributed by atoms with van der Waals surface area (Å²) in [6.07, 6.45) is 0. The van der Waals surface area contributed by atoms with Gasteiger partial charge in [0.2, 0.25) is 10.0 Å². The summed E-state index contributed by atoms with van der Waals surface area (Å²) in [4.78, 5) is 16.6. The third-order valence-electron chi connectivity index (χ3n) is 4.91. The Labute approximate surface area is 154 Å². The second-order valence-electron chi connectivity index (χ2n) is 6.63. The van der Waals surface area contributed by atoms with Gasteiger partial charge in [-0.2, -0.15) is 0 Å². The Morgan fingerprint density at radius 1 is 1.19 bits per heavy atom. The summed E-state index contributed by atoms with van der Waals surface area (Å²) < 4.78 is 38.0. The van der Waals surface area contributed by atoms with Crippen molar-refractivity contribution in [1.82, 2.24) is 14.5 Å². The number of benzene rings is 1. The van der Waals surface area contributed by atoms with Crippen molar-refractivity contribution in [3.05, 3.63) is 29.3 Å². The third kappa shape index (κ3) is 4.24. The minimum absolute atomic E-state index is 0.0451. The molecular weight excluding hydrogens is 358 g/mol. The predicted octanol–water partition coefficient (Wildman–Crippen LogP) is -0.102. The van der Waals surface area contributed by atoms with E-state index in [9.17, 15) is 13.2 Å². The quantitative estimate of drug-likeness (QED) is 0.658.